The van der Waals surface area contributed by atoms with Crippen LogP contribution in [0.25, 0.3) is 0 Å². The van der Waals surface area contributed by atoms with Crippen LogP contribution in [0.5, 0.6) is 11.5 Å². The fraction of sp³-hybridized carbons (Fsp3) is 0.188. The highest BCUT2D eigenvalue weighted by Crippen LogP contribution is 2.40. The highest BCUT2D eigenvalue weighted by atomic mass is 32.2. The molecule has 2 rings (SSSR count). The Morgan fingerprint density at radius 3 is 2.38 bits per heavy atom. The molecule has 0 aromatic heterocycles. The van der Waals surface area contributed by atoms with E-state index in [-0.39, 0.29) is 11.3 Å². The second-order valence-corrected chi connectivity index (χ2v) is 5.74. The molecule has 2 aromatic rings. The van der Waals surface area contributed by atoms with Crippen LogP contribution in [0.15, 0.2) is 41.3 Å². The monoisotopic (exact) mass is 349 g/mol. The zero-order valence-electron chi connectivity index (χ0n) is 13.0. The largest absolute Gasteiger partial charge is 0.493 e. The first-order valence-corrected chi connectivity index (χ1v) is 7.80. The van der Waals surface area contributed by atoms with Crippen LogP contribution in [-0.2, 0) is 5.75 Å². The number of methoxy groups -OCH3 is 2. The summed E-state index contributed by atoms with van der Waals surface area (Å²) in [4.78, 5) is 22.0. The average molecular weight is 349 g/mol. The van der Waals surface area contributed by atoms with Gasteiger partial charge in [0, 0.05) is 17.9 Å². The Morgan fingerprint density at radius 1 is 1.21 bits per heavy atom. The summed E-state index contributed by atoms with van der Waals surface area (Å²) in [5.74, 6) is 0.228. The third-order valence-corrected chi connectivity index (χ3v) is 4.33. The van der Waals surface area contributed by atoms with E-state index in [0.717, 1.165) is 5.56 Å². The van der Waals surface area contributed by atoms with Crippen LogP contribution in [0.4, 0.5) is 5.69 Å². The van der Waals surface area contributed by atoms with E-state index in [4.69, 9.17) is 9.47 Å². The molecule has 126 valence electrons. The topological polar surface area (TPSA) is 98.9 Å². The molecule has 24 heavy (non-hydrogen) atoms. The van der Waals surface area contributed by atoms with Crippen molar-refractivity contribution < 1.29 is 24.3 Å². The summed E-state index contributed by atoms with van der Waals surface area (Å²) in [6.07, 6.45) is 0. The van der Waals surface area contributed by atoms with Gasteiger partial charge in [0.25, 0.3) is 5.69 Å². The number of thioether (sulfide) groups is 1. The lowest BCUT2D eigenvalue weighted by Crippen LogP contribution is -2.00. The number of nitrogens with zero attached hydrogens (tertiary/aromatic N) is 1. The summed E-state index contributed by atoms with van der Waals surface area (Å²) >= 11 is 1.36. The number of nitro groups is 1. The molecule has 0 aliphatic carbocycles. The Kier molecular flexibility index (Phi) is 5.64. The van der Waals surface area contributed by atoms with E-state index in [1.807, 2.05) is 0 Å². The Labute approximate surface area is 142 Å². The van der Waals surface area contributed by atoms with Crippen molar-refractivity contribution in [2.75, 3.05) is 14.2 Å². The molecule has 0 radical (unpaired) electrons. The van der Waals surface area contributed by atoms with E-state index in [1.165, 1.54) is 50.2 Å². The number of carboxylic acid groups (broad SMARTS) is 1. The zero-order chi connectivity index (χ0) is 17.7. The average Bonchev–Trinajstić information content (AvgIpc) is 2.59. The van der Waals surface area contributed by atoms with E-state index in [2.05, 4.69) is 0 Å². The number of ether oxygens (including phenoxy) is 2. The predicted molar refractivity (Wildman–Crippen MR) is 89.2 cm³/mol. The molecule has 0 unspecified atom stereocenters. The van der Waals surface area contributed by atoms with Gasteiger partial charge in [-0.3, -0.25) is 10.1 Å². The molecule has 0 fully saturated rings. The van der Waals surface area contributed by atoms with Crippen molar-refractivity contribution in [1.82, 2.24) is 0 Å². The summed E-state index contributed by atoms with van der Waals surface area (Å²) in [7, 11) is 2.92. The number of carbonyl (C=O) groups is 1. The molecule has 0 spiro atoms. The predicted octanol–water partition coefficient (Wildman–Crippen LogP) is 3.60. The van der Waals surface area contributed by atoms with Crippen LogP contribution in [0, 0.1) is 10.1 Å². The molecule has 1 N–H and O–H groups in total. The van der Waals surface area contributed by atoms with Crippen molar-refractivity contribution in [2.24, 2.45) is 0 Å². The number of non-ortho nitro benzene ring substituents is 1. The number of hydrogen-bond acceptors (Lipinski definition) is 6. The molecule has 0 atom stereocenters. The Hall–Kier alpha value is -2.74. The number of carboxylic acids is 1. The first-order chi connectivity index (χ1) is 11.5. The summed E-state index contributed by atoms with van der Waals surface area (Å²) < 4.78 is 10.5. The maximum Gasteiger partial charge on any atom is 0.335 e. The number of hydrogen-bond donors (Lipinski definition) is 1. The maximum absolute atomic E-state index is 11.2. The van der Waals surface area contributed by atoms with Gasteiger partial charge in [-0.05, 0) is 17.7 Å². The van der Waals surface area contributed by atoms with E-state index >= 15 is 0 Å². The second kappa shape index (κ2) is 7.69. The molecule has 0 aliphatic rings. The molecule has 0 heterocycles. The van der Waals surface area contributed by atoms with Gasteiger partial charge in [0.15, 0.2) is 11.5 Å². The molecular formula is C16H15NO6S. The Bertz CT molecular complexity index is 760. The minimum atomic E-state index is -1.06. The number of rotatable bonds is 7. The third-order valence-electron chi connectivity index (χ3n) is 3.23. The molecule has 0 saturated heterocycles. The summed E-state index contributed by atoms with van der Waals surface area (Å²) in [5.41, 5.74) is 0.988. The van der Waals surface area contributed by atoms with Gasteiger partial charge in [-0.1, -0.05) is 12.1 Å². The smallest absolute Gasteiger partial charge is 0.335 e. The minimum absolute atomic E-state index is 0.0240. The van der Waals surface area contributed by atoms with Gasteiger partial charge in [0.1, 0.15) is 0 Å². The lowest BCUT2D eigenvalue weighted by molar-refractivity contribution is -0.384. The standard InChI is InChI=1S/C16H15NO6S/c1-22-13-7-11(16(18)19)8-14(15(13)23-2)24-9-10-3-5-12(6-4-10)17(20)21/h3-8H,9H2,1-2H3,(H,18,19). The Morgan fingerprint density at radius 2 is 1.88 bits per heavy atom. The van der Waals surface area contributed by atoms with Gasteiger partial charge in [-0.15, -0.1) is 11.8 Å². The highest BCUT2D eigenvalue weighted by molar-refractivity contribution is 7.98. The number of benzene rings is 2. The molecule has 0 saturated carbocycles. The molecular weight excluding hydrogens is 334 g/mol. The van der Waals surface area contributed by atoms with Crippen molar-refractivity contribution in [3.05, 3.63) is 57.6 Å². The zero-order valence-corrected chi connectivity index (χ0v) is 13.8. The van der Waals surface area contributed by atoms with Gasteiger partial charge in [0.05, 0.1) is 29.6 Å². The normalized spacial score (nSPS) is 10.2. The fourth-order valence-electron chi connectivity index (χ4n) is 2.04. The molecule has 8 heteroatoms. The second-order valence-electron chi connectivity index (χ2n) is 4.73. The fourth-order valence-corrected chi connectivity index (χ4v) is 3.08. The third kappa shape index (κ3) is 3.96. The van der Waals surface area contributed by atoms with Crippen LogP contribution < -0.4 is 9.47 Å². The van der Waals surface area contributed by atoms with Crippen LogP contribution in [0.1, 0.15) is 15.9 Å². The van der Waals surface area contributed by atoms with E-state index in [0.29, 0.717) is 22.1 Å². The molecule has 2 aromatic carbocycles. The van der Waals surface area contributed by atoms with Gasteiger partial charge in [-0.25, -0.2) is 4.79 Å². The quantitative estimate of drug-likeness (QED) is 0.463. The van der Waals surface area contributed by atoms with Crippen LogP contribution in [-0.4, -0.2) is 30.2 Å². The summed E-state index contributed by atoms with van der Waals surface area (Å²) in [5, 5.41) is 19.9. The Balaban J connectivity index is 2.26. The van der Waals surface area contributed by atoms with Crippen LogP contribution in [0.2, 0.25) is 0 Å². The van der Waals surface area contributed by atoms with Crippen LogP contribution >= 0.6 is 11.8 Å². The highest BCUT2D eigenvalue weighted by Gasteiger charge is 2.16. The van der Waals surface area contributed by atoms with Gasteiger partial charge < -0.3 is 14.6 Å². The minimum Gasteiger partial charge on any atom is -0.493 e. The van der Waals surface area contributed by atoms with Gasteiger partial charge in [0.2, 0.25) is 0 Å². The summed E-state index contributed by atoms with van der Waals surface area (Å²) in [6.45, 7) is 0. The van der Waals surface area contributed by atoms with E-state index in [1.54, 1.807) is 12.1 Å². The maximum atomic E-state index is 11.2. The first-order valence-electron chi connectivity index (χ1n) is 6.81. The SMILES string of the molecule is COc1cc(C(=O)O)cc(SCc2ccc([N+](=O)[O-])cc2)c1OC. The van der Waals surface area contributed by atoms with Gasteiger partial charge >= 0.3 is 5.97 Å². The number of nitro benzene ring substituents is 1. The van der Waals surface area contributed by atoms with E-state index < -0.39 is 10.9 Å². The number of aromatic carboxylic acids is 1. The lowest BCUT2D eigenvalue weighted by Gasteiger charge is -2.13. The van der Waals surface area contributed by atoms with Crippen molar-refractivity contribution in [3.8, 4) is 11.5 Å². The lowest BCUT2D eigenvalue weighted by atomic mass is 10.2. The molecule has 0 amide bonds. The van der Waals surface area contributed by atoms with Crippen molar-refractivity contribution in [1.29, 1.82) is 0 Å². The molecule has 0 bridgehead atoms. The molecule has 0 aliphatic heterocycles. The van der Waals surface area contributed by atoms with Crippen molar-refractivity contribution in [2.45, 2.75) is 10.6 Å². The van der Waals surface area contributed by atoms with Gasteiger partial charge in [-0.2, -0.15) is 0 Å². The van der Waals surface area contributed by atoms with Crippen LogP contribution in [0.3, 0.4) is 0 Å². The van der Waals surface area contributed by atoms with Crippen molar-refractivity contribution >= 4 is 23.4 Å². The summed E-state index contributed by atoms with van der Waals surface area (Å²) in [6, 6.07) is 9.10. The molecule has 7 nitrogen and oxygen atoms in total. The first kappa shape index (κ1) is 17.6. The van der Waals surface area contributed by atoms with Crippen molar-refractivity contribution in [3.63, 3.8) is 0 Å². The van der Waals surface area contributed by atoms with E-state index in [9.17, 15) is 20.0 Å².